The molecule has 0 heterocycles. The second-order valence-corrected chi connectivity index (χ2v) is 12.6. The van der Waals surface area contributed by atoms with Gasteiger partial charge in [-0.15, -0.1) is 0 Å². The number of carbonyl (C=O) groups is 2. The maximum absolute atomic E-state index is 13.8. The lowest BCUT2D eigenvalue weighted by molar-refractivity contribution is -0.140. The fourth-order valence-corrected chi connectivity index (χ4v) is 5.50. The number of rotatable bonds is 9. The number of anilines is 1. The van der Waals surface area contributed by atoms with Crippen molar-refractivity contribution in [2.45, 2.75) is 50.7 Å². The summed E-state index contributed by atoms with van der Waals surface area (Å²) in [6.07, 6.45) is 0. The van der Waals surface area contributed by atoms with Crippen LogP contribution in [0, 0.1) is 0 Å². The molecule has 3 aromatic carbocycles. The van der Waals surface area contributed by atoms with Gasteiger partial charge in [0.05, 0.1) is 10.6 Å². The third-order valence-electron chi connectivity index (χ3n) is 5.63. The van der Waals surface area contributed by atoms with Gasteiger partial charge in [0, 0.05) is 22.1 Å². The van der Waals surface area contributed by atoms with Crippen LogP contribution in [0.5, 0.6) is 0 Å². The Morgan fingerprint density at radius 3 is 2.11 bits per heavy atom. The second kappa shape index (κ2) is 12.2. The van der Waals surface area contributed by atoms with Gasteiger partial charge in [-0.05, 0) is 81.8 Å². The lowest BCUT2D eigenvalue weighted by Gasteiger charge is -2.33. The van der Waals surface area contributed by atoms with Crippen molar-refractivity contribution in [1.82, 2.24) is 10.2 Å². The molecule has 0 aliphatic carbocycles. The van der Waals surface area contributed by atoms with Gasteiger partial charge < -0.3 is 10.2 Å². The number of nitrogens with zero attached hydrogens (tertiary/aromatic N) is 2. The fraction of sp³-hybridized carbons (Fsp3) is 0.286. The Kier molecular flexibility index (Phi) is 9.46. The minimum Gasteiger partial charge on any atom is -0.350 e. The Morgan fingerprint density at radius 1 is 0.895 bits per heavy atom. The molecule has 0 saturated heterocycles. The van der Waals surface area contributed by atoms with Crippen molar-refractivity contribution in [3.05, 3.63) is 94.5 Å². The molecule has 1 atom stereocenters. The Hall–Kier alpha value is -3.07. The van der Waals surface area contributed by atoms with Crippen molar-refractivity contribution in [1.29, 1.82) is 0 Å². The van der Waals surface area contributed by atoms with Crippen molar-refractivity contribution in [2.24, 2.45) is 0 Å². The molecular formula is C28H31Cl2N3O4S. The van der Waals surface area contributed by atoms with Crippen LogP contribution in [-0.2, 0) is 26.2 Å². The molecule has 1 N–H and O–H groups in total. The van der Waals surface area contributed by atoms with Crippen LogP contribution in [0.4, 0.5) is 5.69 Å². The van der Waals surface area contributed by atoms with E-state index in [-0.39, 0.29) is 17.3 Å². The predicted molar refractivity (Wildman–Crippen MR) is 152 cm³/mol. The van der Waals surface area contributed by atoms with Crippen LogP contribution in [0.2, 0.25) is 10.0 Å². The van der Waals surface area contributed by atoms with Crippen molar-refractivity contribution in [3.8, 4) is 0 Å². The van der Waals surface area contributed by atoms with Gasteiger partial charge in [0.15, 0.2) is 0 Å². The quantitative estimate of drug-likeness (QED) is 0.364. The summed E-state index contributed by atoms with van der Waals surface area (Å²) in [5.41, 5.74) is 0.489. The van der Waals surface area contributed by atoms with Gasteiger partial charge in [0.2, 0.25) is 11.8 Å². The molecule has 0 fully saturated rings. The van der Waals surface area contributed by atoms with E-state index in [1.54, 1.807) is 61.5 Å². The average molecular weight is 577 g/mol. The van der Waals surface area contributed by atoms with E-state index >= 15 is 0 Å². The summed E-state index contributed by atoms with van der Waals surface area (Å²) >= 11 is 12.1. The number of para-hydroxylation sites is 1. The largest absolute Gasteiger partial charge is 0.350 e. The van der Waals surface area contributed by atoms with E-state index in [0.29, 0.717) is 21.3 Å². The monoisotopic (exact) mass is 575 g/mol. The summed E-state index contributed by atoms with van der Waals surface area (Å²) in [6.45, 7) is 6.68. The van der Waals surface area contributed by atoms with Gasteiger partial charge in [-0.3, -0.25) is 13.9 Å². The highest BCUT2D eigenvalue weighted by molar-refractivity contribution is 7.92. The minimum atomic E-state index is -4.15. The molecule has 0 aromatic heterocycles. The van der Waals surface area contributed by atoms with E-state index in [2.05, 4.69) is 5.32 Å². The van der Waals surface area contributed by atoms with Crippen molar-refractivity contribution >= 4 is 50.7 Å². The first-order valence-electron chi connectivity index (χ1n) is 12.0. The van der Waals surface area contributed by atoms with Gasteiger partial charge in [-0.2, -0.15) is 0 Å². The first kappa shape index (κ1) is 29.5. The van der Waals surface area contributed by atoms with E-state index in [9.17, 15) is 18.0 Å². The van der Waals surface area contributed by atoms with E-state index in [4.69, 9.17) is 23.2 Å². The Morgan fingerprint density at radius 2 is 1.53 bits per heavy atom. The van der Waals surface area contributed by atoms with Crippen LogP contribution in [0.25, 0.3) is 0 Å². The van der Waals surface area contributed by atoms with Crippen LogP contribution in [-0.4, -0.2) is 43.3 Å². The summed E-state index contributed by atoms with van der Waals surface area (Å²) in [6, 6.07) is 20.1. The van der Waals surface area contributed by atoms with Gasteiger partial charge in [0.25, 0.3) is 10.0 Å². The van der Waals surface area contributed by atoms with Crippen LogP contribution in [0.1, 0.15) is 33.3 Å². The molecule has 38 heavy (non-hydrogen) atoms. The van der Waals surface area contributed by atoms with Gasteiger partial charge in [0.1, 0.15) is 12.6 Å². The molecule has 3 aromatic rings. The molecule has 0 saturated carbocycles. The highest BCUT2D eigenvalue weighted by Gasteiger charge is 2.33. The van der Waals surface area contributed by atoms with Gasteiger partial charge in [-0.25, -0.2) is 8.42 Å². The standard InChI is InChI=1S/C28H31Cl2N3O4S/c1-20(27(35)31-28(2,3)4)32(18-21-9-8-10-23(30)17-21)26(34)19-33(24-11-6-5-7-12-24)38(36,37)25-15-13-22(29)14-16-25/h5-17,20H,18-19H2,1-4H3,(H,31,35)/t20-/m0/s1. The molecule has 10 heteroatoms. The topological polar surface area (TPSA) is 86.8 Å². The van der Waals surface area contributed by atoms with Crippen LogP contribution >= 0.6 is 23.2 Å². The average Bonchev–Trinajstić information content (AvgIpc) is 2.85. The van der Waals surface area contributed by atoms with Crippen molar-refractivity contribution in [3.63, 3.8) is 0 Å². The number of sulfonamides is 1. The highest BCUT2D eigenvalue weighted by atomic mass is 35.5. The number of hydrogen-bond donors (Lipinski definition) is 1. The maximum Gasteiger partial charge on any atom is 0.264 e. The molecule has 3 rings (SSSR count). The fourth-order valence-electron chi connectivity index (χ4n) is 3.75. The molecule has 202 valence electrons. The number of benzene rings is 3. The molecule has 0 bridgehead atoms. The predicted octanol–water partition coefficient (Wildman–Crippen LogP) is 5.52. The first-order chi connectivity index (χ1) is 17.8. The smallest absolute Gasteiger partial charge is 0.264 e. The Bertz CT molecular complexity index is 1380. The molecule has 0 spiro atoms. The zero-order valence-electron chi connectivity index (χ0n) is 21.7. The Balaban J connectivity index is 2.01. The summed E-state index contributed by atoms with van der Waals surface area (Å²) in [4.78, 5) is 28.3. The number of hydrogen-bond acceptors (Lipinski definition) is 4. The van der Waals surface area contributed by atoms with Gasteiger partial charge in [-0.1, -0.05) is 53.5 Å². The third-order valence-corrected chi connectivity index (χ3v) is 7.91. The normalized spacial score (nSPS) is 12.5. The molecule has 0 aliphatic rings. The molecule has 0 aliphatic heterocycles. The summed E-state index contributed by atoms with van der Waals surface area (Å²) < 4.78 is 28.5. The number of carbonyl (C=O) groups excluding carboxylic acids is 2. The summed E-state index contributed by atoms with van der Waals surface area (Å²) in [5.74, 6) is -0.914. The lowest BCUT2D eigenvalue weighted by Crippen LogP contribution is -2.54. The molecule has 0 unspecified atom stereocenters. The van der Waals surface area contributed by atoms with Crippen molar-refractivity contribution < 1.29 is 18.0 Å². The van der Waals surface area contributed by atoms with E-state index in [1.807, 2.05) is 20.8 Å². The van der Waals surface area contributed by atoms with Crippen LogP contribution in [0.3, 0.4) is 0 Å². The Labute approximate surface area is 234 Å². The SMILES string of the molecule is C[C@@H](C(=O)NC(C)(C)C)N(Cc1cccc(Cl)c1)C(=O)CN(c1ccccc1)S(=O)(=O)c1ccc(Cl)cc1. The third kappa shape index (κ3) is 7.72. The number of halogens is 2. The number of nitrogens with one attached hydrogen (secondary N) is 1. The zero-order chi connectivity index (χ0) is 28.1. The minimum absolute atomic E-state index is 0.0153. The van der Waals surface area contributed by atoms with E-state index < -0.39 is 34.1 Å². The zero-order valence-corrected chi connectivity index (χ0v) is 24.0. The molecule has 7 nitrogen and oxygen atoms in total. The number of amides is 2. The lowest BCUT2D eigenvalue weighted by atomic mass is 10.1. The second-order valence-electron chi connectivity index (χ2n) is 9.87. The molecule has 0 radical (unpaired) electrons. The maximum atomic E-state index is 13.8. The van der Waals surface area contributed by atoms with Crippen LogP contribution in [0.15, 0.2) is 83.8 Å². The van der Waals surface area contributed by atoms with E-state index in [0.717, 1.165) is 4.31 Å². The summed E-state index contributed by atoms with van der Waals surface area (Å²) in [5, 5.41) is 3.77. The summed E-state index contributed by atoms with van der Waals surface area (Å²) in [7, 11) is -4.15. The van der Waals surface area contributed by atoms with Gasteiger partial charge >= 0.3 is 0 Å². The van der Waals surface area contributed by atoms with Crippen molar-refractivity contribution in [2.75, 3.05) is 10.8 Å². The molecule has 2 amide bonds. The molecular weight excluding hydrogens is 545 g/mol. The van der Waals surface area contributed by atoms with E-state index in [1.165, 1.54) is 29.2 Å². The highest BCUT2D eigenvalue weighted by Crippen LogP contribution is 2.25. The van der Waals surface area contributed by atoms with Crippen LogP contribution < -0.4 is 9.62 Å². The first-order valence-corrected chi connectivity index (χ1v) is 14.2.